The summed E-state index contributed by atoms with van der Waals surface area (Å²) in [6.45, 7) is 3.32. The Bertz CT molecular complexity index is 378. The molecule has 0 aromatic heterocycles. The number of oxime groups is 1. The van der Waals surface area contributed by atoms with Gasteiger partial charge in [-0.2, -0.15) is 17.4 Å². The summed E-state index contributed by atoms with van der Waals surface area (Å²) in [6.07, 6.45) is 0.732. The molecule has 1 saturated heterocycles. The van der Waals surface area contributed by atoms with Gasteiger partial charge >= 0.3 is 0 Å². The lowest BCUT2D eigenvalue weighted by molar-refractivity contribution is 0.0723. The standard InChI is InChI=1S/C9H20N4O4S/c1-2-8(7-9(10)11-14)12-18(15,16)13-3-5-17-6-4-13/h8,12,14H,2-7H2,1H3,(H2,10,11). The first kappa shape index (κ1) is 15.2. The van der Waals surface area contributed by atoms with E-state index in [1.54, 1.807) is 0 Å². The normalized spacial score (nSPS) is 20.8. The maximum Gasteiger partial charge on any atom is 0.279 e. The molecule has 1 rings (SSSR count). The molecule has 1 heterocycles. The summed E-state index contributed by atoms with van der Waals surface area (Å²) in [6, 6.07) is -0.381. The highest BCUT2D eigenvalue weighted by molar-refractivity contribution is 7.87. The Morgan fingerprint density at radius 1 is 1.56 bits per heavy atom. The number of hydrogen-bond donors (Lipinski definition) is 3. The van der Waals surface area contributed by atoms with E-state index in [1.807, 2.05) is 6.92 Å². The number of morpholine rings is 1. The van der Waals surface area contributed by atoms with Crippen LogP contribution in [-0.4, -0.2) is 56.1 Å². The van der Waals surface area contributed by atoms with Crippen LogP contribution < -0.4 is 10.5 Å². The predicted octanol–water partition coefficient (Wildman–Crippen LogP) is -0.932. The molecule has 0 spiro atoms. The number of hydrogen-bond acceptors (Lipinski definition) is 5. The Morgan fingerprint density at radius 3 is 2.67 bits per heavy atom. The second-order valence-electron chi connectivity index (χ2n) is 4.03. The van der Waals surface area contributed by atoms with Gasteiger partial charge in [-0.15, -0.1) is 0 Å². The number of nitrogens with zero attached hydrogens (tertiary/aromatic N) is 2. The monoisotopic (exact) mass is 280 g/mol. The lowest BCUT2D eigenvalue weighted by Gasteiger charge is -2.28. The predicted molar refractivity (Wildman–Crippen MR) is 66.6 cm³/mol. The highest BCUT2D eigenvalue weighted by Crippen LogP contribution is 2.07. The fourth-order valence-electron chi connectivity index (χ4n) is 1.63. The van der Waals surface area contributed by atoms with Crippen molar-refractivity contribution in [3.05, 3.63) is 0 Å². The quantitative estimate of drug-likeness (QED) is 0.251. The van der Waals surface area contributed by atoms with E-state index >= 15 is 0 Å². The van der Waals surface area contributed by atoms with Crippen LogP contribution in [-0.2, 0) is 14.9 Å². The summed E-state index contributed by atoms with van der Waals surface area (Å²) in [5.41, 5.74) is 5.38. The topological polar surface area (TPSA) is 117 Å². The minimum Gasteiger partial charge on any atom is -0.409 e. The molecule has 0 radical (unpaired) electrons. The number of rotatable bonds is 6. The highest BCUT2D eigenvalue weighted by atomic mass is 32.2. The van der Waals surface area contributed by atoms with Crippen molar-refractivity contribution >= 4 is 16.0 Å². The molecule has 0 amide bonds. The Kier molecular flexibility index (Phi) is 5.79. The van der Waals surface area contributed by atoms with Crippen LogP contribution in [0.1, 0.15) is 19.8 Å². The fraction of sp³-hybridized carbons (Fsp3) is 0.889. The molecule has 1 unspecified atom stereocenters. The molecule has 8 nitrogen and oxygen atoms in total. The van der Waals surface area contributed by atoms with Crippen molar-refractivity contribution < 1.29 is 18.4 Å². The third-order valence-electron chi connectivity index (χ3n) is 2.70. The van der Waals surface area contributed by atoms with E-state index in [2.05, 4.69) is 9.88 Å². The first-order valence-corrected chi connectivity index (χ1v) is 7.25. The summed E-state index contributed by atoms with van der Waals surface area (Å²) >= 11 is 0. The van der Waals surface area contributed by atoms with Crippen LogP contribution in [0, 0.1) is 0 Å². The van der Waals surface area contributed by atoms with E-state index < -0.39 is 10.2 Å². The number of nitrogens with two attached hydrogens (primary N) is 1. The average molecular weight is 280 g/mol. The van der Waals surface area contributed by atoms with Crippen molar-refractivity contribution in [2.45, 2.75) is 25.8 Å². The van der Waals surface area contributed by atoms with Gasteiger partial charge in [-0.05, 0) is 6.42 Å². The molecule has 0 saturated carbocycles. The van der Waals surface area contributed by atoms with E-state index in [0.29, 0.717) is 32.7 Å². The minimum absolute atomic E-state index is 0.00604. The van der Waals surface area contributed by atoms with Crippen LogP contribution in [0.15, 0.2) is 5.16 Å². The molecule has 4 N–H and O–H groups in total. The molecular formula is C9H20N4O4S. The van der Waals surface area contributed by atoms with Crippen LogP contribution in [0.4, 0.5) is 0 Å². The molecular weight excluding hydrogens is 260 g/mol. The van der Waals surface area contributed by atoms with E-state index in [1.165, 1.54) is 4.31 Å². The maximum absolute atomic E-state index is 12.0. The van der Waals surface area contributed by atoms with Gasteiger partial charge in [0.1, 0.15) is 5.84 Å². The highest BCUT2D eigenvalue weighted by Gasteiger charge is 2.26. The van der Waals surface area contributed by atoms with Crippen molar-refractivity contribution in [1.82, 2.24) is 9.03 Å². The van der Waals surface area contributed by atoms with Gasteiger partial charge in [-0.1, -0.05) is 12.1 Å². The average Bonchev–Trinajstić information content (AvgIpc) is 2.38. The first-order valence-electron chi connectivity index (χ1n) is 5.81. The zero-order valence-corrected chi connectivity index (χ0v) is 11.2. The lowest BCUT2D eigenvalue weighted by atomic mass is 10.1. The Hall–Kier alpha value is -0.900. The van der Waals surface area contributed by atoms with Gasteiger partial charge in [0.2, 0.25) is 0 Å². The molecule has 0 aromatic rings. The molecule has 1 aliphatic rings. The Balaban J connectivity index is 2.61. The van der Waals surface area contributed by atoms with Crippen LogP contribution in [0.5, 0.6) is 0 Å². The molecule has 1 aliphatic heterocycles. The van der Waals surface area contributed by atoms with Gasteiger partial charge in [0.25, 0.3) is 10.2 Å². The summed E-state index contributed by atoms with van der Waals surface area (Å²) in [4.78, 5) is 0. The van der Waals surface area contributed by atoms with Crippen LogP contribution in [0.25, 0.3) is 0 Å². The van der Waals surface area contributed by atoms with E-state index in [4.69, 9.17) is 15.7 Å². The van der Waals surface area contributed by atoms with Gasteiger partial charge in [-0.3, -0.25) is 0 Å². The van der Waals surface area contributed by atoms with Crippen molar-refractivity contribution in [3.8, 4) is 0 Å². The molecule has 9 heteroatoms. The number of ether oxygens (including phenoxy) is 1. The fourth-order valence-corrected chi connectivity index (χ4v) is 3.08. The molecule has 0 aromatic carbocycles. The van der Waals surface area contributed by atoms with Gasteiger partial charge in [0, 0.05) is 25.6 Å². The second kappa shape index (κ2) is 6.88. The molecule has 106 valence electrons. The number of nitrogens with one attached hydrogen (secondary N) is 1. The minimum atomic E-state index is -3.54. The van der Waals surface area contributed by atoms with Crippen LogP contribution >= 0.6 is 0 Å². The lowest BCUT2D eigenvalue weighted by Crippen LogP contribution is -2.50. The summed E-state index contributed by atoms with van der Waals surface area (Å²) in [5, 5.41) is 11.3. The molecule has 1 atom stereocenters. The van der Waals surface area contributed by atoms with Gasteiger partial charge < -0.3 is 15.7 Å². The van der Waals surface area contributed by atoms with Crippen molar-refractivity contribution in [3.63, 3.8) is 0 Å². The zero-order chi connectivity index (χ0) is 13.6. The third-order valence-corrected chi connectivity index (χ3v) is 4.38. The smallest absolute Gasteiger partial charge is 0.279 e. The molecule has 0 aliphatic carbocycles. The second-order valence-corrected chi connectivity index (χ2v) is 5.74. The Labute approximate surface area is 107 Å². The van der Waals surface area contributed by atoms with Crippen molar-refractivity contribution in [1.29, 1.82) is 0 Å². The van der Waals surface area contributed by atoms with Gasteiger partial charge in [-0.25, -0.2) is 0 Å². The summed E-state index contributed by atoms with van der Waals surface area (Å²) in [5.74, 6) is 0.00604. The maximum atomic E-state index is 12.0. The van der Waals surface area contributed by atoms with E-state index in [-0.39, 0.29) is 18.3 Å². The van der Waals surface area contributed by atoms with E-state index in [0.717, 1.165) is 0 Å². The van der Waals surface area contributed by atoms with Crippen LogP contribution in [0.2, 0.25) is 0 Å². The Morgan fingerprint density at radius 2 is 2.17 bits per heavy atom. The molecule has 1 fully saturated rings. The van der Waals surface area contributed by atoms with Crippen molar-refractivity contribution in [2.24, 2.45) is 10.9 Å². The molecule has 18 heavy (non-hydrogen) atoms. The summed E-state index contributed by atoms with van der Waals surface area (Å²) in [7, 11) is -3.54. The van der Waals surface area contributed by atoms with Gasteiger partial charge in [0.15, 0.2) is 0 Å². The zero-order valence-electron chi connectivity index (χ0n) is 10.4. The third kappa shape index (κ3) is 4.41. The van der Waals surface area contributed by atoms with Crippen molar-refractivity contribution in [2.75, 3.05) is 26.3 Å². The number of amidine groups is 1. The van der Waals surface area contributed by atoms with Gasteiger partial charge in [0.05, 0.1) is 13.2 Å². The SMILES string of the molecule is CCC(CC(N)=NO)NS(=O)(=O)N1CCOCC1. The summed E-state index contributed by atoms with van der Waals surface area (Å²) < 4.78 is 33.1. The van der Waals surface area contributed by atoms with E-state index in [9.17, 15) is 8.42 Å². The molecule has 0 bridgehead atoms. The first-order chi connectivity index (χ1) is 8.49. The van der Waals surface area contributed by atoms with Crippen LogP contribution in [0.3, 0.4) is 0 Å². The largest absolute Gasteiger partial charge is 0.409 e.